The fourth-order valence-electron chi connectivity index (χ4n) is 2.99. The summed E-state index contributed by atoms with van der Waals surface area (Å²) in [6, 6.07) is 0. The summed E-state index contributed by atoms with van der Waals surface area (Å²) >= 11 is 0. The summed E-state index contributed by atoms with van der Waals surface area (Å²) in [6.07, 6.45) is 0. The van der Waals surface area contributed by atoms with E-state index in [-0.39, 0.29) is 11.4 Å². The summed E-state index contributed by atoms with van der Waals surface area (Å²) in [7, 11) is 0. The van der Waals surface area contributed by atoms with Crippen molar-refractivity contribution in [1.29, 1.82) is 0 Å². The number of carboxylic acids is 1. The van der Waals surface area contributed by atoms with E-state index >= 15 is 0 Å². The van der Waals surface area contributed by atoms with Gasteiger partial charge >= 0.3 is 5.97 Å². The van der Waals surface area contributed by atoms with Crippen LogP contribution in [0.3, 0.4) is 0 Å². The van der Waals surface area contributed by atoms with Crippen molar-refractivity contribution in [2.24, 2.45) is 17.3 Å². The Labute approximate surface area is 107 Å². The lowest BCUT2D eigenvalue weighted by Crippen LogP contribution is -2.56. The highest BCUT2D eigenvalue weighted by Gasteiger charge is 2.67. The molecule has 1 saturated heterocycles. The molecule has 5 heteroatoms. The highest BCUT2D eigenvalue weighted by molar-refractivity contribution is 5.92. The molecular weight excluding hydrogens is 234 g/mol. The summed E-state index contributed by atoms with van der Waals surface area (Å²) in [5.74, 6) is -1.86. The number of carbonyl (C=O) groups is 2. The summed E-state index contributed by atoms with van der Waals surface area (Å²) in [5, 5.41) is 9.14. The van der Waals surface area contributed by atoms with Crippen molar-refractivity contribution in [2.75, 3.05) is 19.8 Å². The van der Waals surface area contributed by atoms with Gasteiger partial charge in [-0.15, -0.1) is 0 Å². The Morgan fingerprint density at radius 1 is 1.22 bits per heavy atom. The molecule has 2 atom stereocenters. The Balaban J connectivity index is 2.15. The van der Waals surface area contributed by atoms with Crippen LogP contribution in [0.1, 0.15) is 27.7 Å². The molecule has 5 nitrogen and oxygen atoms in total. The van der Waals surface area contributed by atoms with E-state index in [0.717, 1.165) is 0 Å². The van der Waals surface area contributed by atoms with E-state index < -0.39 is 23.2 Å². The first-order valence-electron chi connectivity index (χ1n) is 6.31. The molecule has 0 radical (unpaired) electrons. The number of hydrogen-bond donors (Lipinski definition) is 1. The highest BCUT2D eigenvalue weighted by Crippen LogP contribution is 2.59. The van der Waals surface area contributed by atoms with E-state index in [1.165, 1.54) is 0 Å². The minimum Gasteiger partial charge on any atom is -0.481 e. The first-order chi connectivity index (χ1) is 8.19. The Hall–Kier alpha value is -1.10. The van der Waals surface area contributed by atoms with E-state index in [1.54, 1.807) is 4.90 Å². The molecule has 1 saturated carbocycles. The average Bonchev–Trinajstić information content (AvgIpc) is 2.80. The quantitative estimate of drug-likeness (QED) is 0.798. The topological polar surface area (TPSA) is 66.8 Å². The predicted molar refractivity (Wildman–Crippen MR) is 65.0 cm³/mol. The summed E-state index contributed by atoms with van der Waals surface area (Å²) in [6.45, 7) is 9.18. The molecule has 0 spiro atoms. The van der Waals surface area contributed by atoms with Gasteiger partial charge in [-0.3, -0.25) is 9.59 Å². The third-order valence-electron chi connectivity index (χ3n) is 4.27. The van der Waals surface area contributed by atoms with Gasteiger partial charge in [-0.05, 0) is 19.3 Å². The number of hydrogen-bond acceptors (Lipinski definition) is 3. The van der Waals surface area contributed by atoms with Crippen LogP contribution < -0.4 is 0 Å². The van der Waals surface area contributed by atoms with Crippen molar-refractivity contribution in [3.63, 3.8) is 0 Å². The molecule has 102 valence electrons. The summed E-state index contributed by atoms with van der Waals surface area (Å²) in [5.41, 5.74) is -0.783. The van der Waals surface area contributed by atoms with Crippen LogP contribution in [0.25, 0.3) is 0 Å². The van der Waals surface area contributed by atoms with E-state index in [1.807, 2.05) is 27.7 Å². The summed E-state index contributed by atoms with van der Waals surface area (Å²) in [4.78, 5) is 25.4. The van der Waals surface area contributed by atoms with Gasteiger partial charge in [0.25, 0.3) is 0 Å². The van der Waals surface area contributed by atoms with Crippen molar-refractivity contribution in [2.45, 2.75) is 33.2 Å². The van der Waals surface area contributed by atoms with Gasteiger partial charge in [-0.1, -0.05) is 13.8 Å². The first-order valence-corrected chi connectivity index (χ1v) is 6.31. The maximum Gasteiger partial charge on any atom is 0.307 e. The fraction of sp³-hybridized carbons (Fsp3) is 0.846. The molecule has 18 heavy (non-hydrogen) atoms. The van der Waals surface area contributed by atoms with Crippen molar-refractivity contribution in [1.82, 2.24) is 4.90 Å². The number of morpholine rings is 1. The zero-order chi connectivity index (χ0) is 13.7. The average molecular weight is 255 g/mol. The lowest BCUT2D eigenvalue weighted by molar-refractivity contribution is -0.150. The Morgan fingerprint density at radius 2 is 1.83 bits per heavy atom. The largest absolute Gasteiger partial charge is 0.481 e. The van der Waals surface area contributed by atoms with Gasteiger partial charge in [0, 0.05) is 6.54 Å². The molecule has 1 N–H and O–H groups in total. The van der Waals surface area contributed by atoms with Gasteiger partial charge < -0.3 is 14.7 Å². The second kappa shape index (κ2) is 3.95. The van der Waals surface area contributed by atoms with Crippen molar-refractivity contribution in [3.8, 4) is 0 Å². The molecule has 1 heterocycles. The van der Waals surface area contributed by atoms with Crippen LogP contribution in [0.15, 0.2) is 0 Å². The number of carboxylic acid groups (broad SMARTS) is 1. The number of nitrogens with zero attached hydrogens (tertiary/aromatic N) is 1. The second-order valence-corrected chi connectivity index (χ2v) is 6.47. The molecule has 0 aromatic carbocycles. The number of amides is 1. The van der Waals surface area contributed by atoms with Crippen molar-refractivity contribution < 1.29 is 19.4 Å². The van der Waals surface area contributed by atoms with Crippen LogP contribution in [0.5, 0.6) is 0 Å². The molecule has 2 rings (SSSR count). The first kappa shape index (κ1) is 13.3. The minimum atomic E-state index is -0.871. The minimum absolute atomic E-state index is 0.0410. The van der Waals surface area contributed by atoms with Crippen LogP contribution in [-0.4, -0.2) is 47.2 Å². The lowest BCUT2D eigenvalue weighted by Gasteiger charge is -2.42. The molecule has 0 bridgehead atoms. The van der Waals surface area contributed by atoms with Crippen LogP contribution in [0.2, 0.25) is 0 Å². The van der Waals surface area contributed by atoms with Gasteiger partial charge in [-0.25, -0.2) is 0 Å². The maximum absolute atomic E-state index is 12.5. The fourth-order valence-corrected chi connectivity index (χ4v) is 2.99. The molecule has 1 aliphatic heterocycles. The highest BCUT2D eigenvalue weighted by atomic mass is 16.5. The third kappa shape index (κ3) is 1.90. The van der Waals surface area contributed by atoms with Crippen molar-refractivity contribution in [3.05, 3.63) is 0 Å². The van der Waals surface area contributed by atoms with Gasteiger partial charge in [0.2, 0.25) is 5.91 Å². The summed E-state index contributed by atoms with van der Waals surface area (Å²) < 4.78 is 5.38. The maximum atomic E-state index is 12.5. The second-order valence-electron chi connectivity index (χ2n) is 6.47. The molecule has 2 unspecified atom stereocenters. The third-order valence-corrected chi connectivity index (χ3v) is 4.27. The number of carbonyl (C=O) groups excluding carboxylic acids is 1. The van der Waals surface area contributed by atoms with Crippen LogP contribution >= 0.6 is 0 Å². The number of ether oxygens (including phenoxy) is 1. The van der Waals surface area contributed by atoms with Gasteiger partial charge in [0.05, 0.1) is 30.6 Å². The molecule has 1 aliphatic carbocycles. The molecule has 2 aliphatic rings. The molecule has 1 amide bonds. The lowest BCUT2D eigenvalue weighted by atomic mass is 10.0. The normalized spacial score (nSPS) is 33.0. The van der Waals surface area contributed by atoms with Gasteiger partial charge in [-0.2, -0.15) is 0 Å². The SMILES string of the molecule is CC1(C)C(C(=O)O)C1C(=O)N1CCOCC1(C)C. The van der Waals surface area contributed by atoms with E-state index in [0.29, 0.717) is 19.8 Å². The van der Waals surface area contributed by atoms with Crippen LogP contribution in [0, 0.1) is 17.3 Å². The van der Waals surface area contributed by atoms with Crippen molar-refractivity contribution >= 4 is 11.9 Å². The van der Waals surface area contributed by atoms with Crippen LogP contribution in [0.4, 0.5) is 0 Å². The molecule has 2 fully saturated rings. The Morgan fingerprint density at radius 3 is 2.28 bits per heavy atom. The monoisotopic (exact) mass is 255 g/mol. The van der Waals surface area contributed by atoms with Gasteiger partial charge in [0.15, 0.2) is 0 Å². The zero-order valence-electron chi connectivity index (χ0n) is 11.4. The van der Waals surface area contributed by atoms with E-state index in [4.69, 9.17) is 9.84 Å². The zero-order valence-corrected chi connectivity index (χ0v) is 11.4. The molecule has 0 aromatic rings. The smallest absolute Gasteiger partial charge is 0.307 e. The Bertz CT molecular complexity index is 388. The predicted octanol–water partition coefficient (Wildman–Crippen LogP) is 0.981. The number of aliphatic carboxylic acids is 1. The Kier molecular flexibility index (Phi) is 2.93. The van der Waals surface area contributed by atoms with Crippen LogP contribution in [-0.2, 0) is 14.3 Å². The van der Waals surface area contributed by atoms with Gasteiger partial charge in [0.1, 0.15) is 0 Å². The van der Waals surface area contributed by atoms with E-state index in [2.05, 4.69) is 0 Å². The molecule has 0 aromatic heterocycles. The standard InChI is InChI=1S/C13H21NO4/c1-12(2)7-18-6-5-14(12)10(15)8-9(11(16)17)13(8,3)4/h8-9H,5-7H2,1-4H3,(H,16,17). The number of rotatable bonds is 2. The van der Waals surface area contributed by atoms with E-state index in [9.17, 15) is 9.59 Å². The molecular formula is C13H21NO4.